The van der Waals surface area contributed by atoms with E-state index in [1.807, 2.05) is 11.8 Å². The van der Waals surface area contributed by atoms with Crippen molar-refractivity contribution in [2.24, 2.45) is 16.8 Å². The SMILES string of the molecule is CCCC1CN=C(NC2CC(C)CC(C)C2)S1. The predicted octanol–water partition coefficient (Wildman–Crippen LogP) is 3.67. The van der Waals surface area contributed by atoms with Crippen LogP contribution in [0.1, 0.15) is 52.9 Å². The van der Waals surface area contributed by atoms with Gasteiger partial charge in [0.15, 0.2) is 5.17 Å². The number of nitrogens with zero attached hydrogens (tertiary/aromatic N) is 1. The van der Waals surface area contributed by atoms with Crippen molar-refractivity contribution < 1.29 is 0 Å². The lowest BCUT2D eigenvalue weighted by Gasteiger charge is -2.32. The van der Waals surface area contributed by atoms with Crippen molar-refractivity contribution in [3.05, 3.63) is 0 Å². The van der Waals surface area contributed by atoms with E-state index in [0.29, 0.717) is 6.04 Å². The van der Waals surface area contributed by atoms with Crippen molar-refractivity contribution in [2.45, 2.75) is 64.2 Å². The second-order valence-corrected chi connectivity index (χ2v) is 7.22. The quantitative estimate of drug-likeness (QED) is 0.831. The van der Waals surface area contributed by atoms with E-state index in [-0.39, 0.29) is 0 Å². The van der Waals surface area contributed by atoms with Crippen LogP contribution in [0, 0.1) is 11.8 Å². The van der Waals surface area contributed by atoms with E-state index in [4.69, 9.17) is 0 Å². The molecule has 17 heavy (non-hydrogen) atoms. The molecule has 2 aliphatic rings. The monoisotopic (exact) mass is 254 g/mol. The first kappa shape index (κ1) is 13.3. The molecule has 1 aliphatic carbocycles. The van der Waals surface area contributed by atoms with E-state index in [1.54, 1.807) is 0 Å². The standard InChI is InChI=1S/C14H26N2S/c1-4-5-13-9-15-14(17-13)16-12-7-10(2)6-11(3)8-12/h10-13H,4-9H2,1-3H3,(H,15,16). The number of hydrogen-bond acceptors (Lipinski definition) is 3. The molecule has 0 bridgehead atoms. The lowest BCUT2D eigenvalue weighted by Crippen LogP contribution is -2.38. The number of nitrogens with one attached hydrogen (secondary N) is 1. The summed E-state index contributed by atoms with van der Waals surface area (Å²) >= 11 is 1.97. The van der Waals surface area contributed by atoms with Gasteiger partial charge in [-0.15, -0.1) is 0 Å². The van der Waals surface area contributed by atoms with Gasteiger partial charge in [-0.1, -0.05) is 39.0 Å². The van der Waals surface area contributed by atoms with Crippen LogP contribution in [0.25, 0.3) is 0 Å². The average Bonchev–Trinajstić information content (AvgIpc) is 2.64. The molecule has 3 heteroatoms. The van der Waals surface area contributed by atoms with Crippen LogP contribution in [0.15, 0.2) is 4.99 Å². The topological polar surface area (TPSA) is 24.4 Å². The van der Waals surface area contributed by atoms with Gasteiger partial charge in [-0.3, -0.25) is 4.99 Å². The number of hydrogen-bond donors (Lipinski definition) is 1. The molecule has 0 aromatic heterocycles. The Kier molecular flexibility index (Phi) is 4.78. The molecule has 98 valence electrons. The minimum Gasteiger partial charge on any atom is -0.362 e. The summed E-state index contributed by atoms with van der Waals surface area (Å²) in [6.45, 7) is 8.05. The van der Waals surface area contributed by atoms with Gasteiger partial charge >= 0.3 is 0 Å². The second kappa shape index (κ2) is 6.12. The minimum atomic E-state index is 0.667. The fourth-order valence-electron chi connectivity index (χ4n) is 3.21. The summed E-state index contributed by atoms with van der Waals surface area (Å²) in [4.78, 5) is 4.65. The van der Waals surface area contributed by atoms with Crippen LogP contribution in [0.3, 0.4) is 0 Å². The third-order valence-electron chi connectivity index (χ3n) is 3.83. The maximum atomic E-state index is 4.65. The smallest absolute Gasteiger partial charge is 0.157 e. The van der Waals surface area contributed by atoms with Crippen LogP contribution >= 0.6 is 11.8 Å². The second-order valence-electron chi connectivity index (χ2n) is 5.93. The van der Waals surface area contributed by atoms with E-state index in [1.165, 1.54) is 37.3 Å². The van der Waals surface area contributed by atoms with E-state index in [0.717, 1.165) is 23.6 Å². The zero-order chi connectivity index (χ0) is 12.3. The summed E-state index contributed by atoms with van der Waals surface area (Å²) in [5, 5.41) is 5.63. The Morgan fingerprint density at radius 3 is 2.59 bits per heavy atom. The molecule has 0 spiro atoms. The zero-order valence-corrected chi connectivity index (χ0v) is 12.2. The van der Waals surface area contributed by atoms with E-state index in [2.05, 4.69) is 31.1 Å². The van der Waals surface area contributed by atoms with E-state index >= 15 is 0 Å². The minimum absolute atomic E-state index is 0.667. The van der Waals surface area contributed by atoms with Gasteiger partial charge in [0.05, 0.1) is 6.54 Å². The lowest BCUT2D eigenvalue weighted by molar-refractivity contribution is 0.257. The molecule has 0 aromatic carbocycles. The molecular weight excluding hydrogens is 228 g/mol. The summed E-state index contributed by atoms with van der Waals surface area (Å²) in [5.74, 6) is 1.74. The van der Waals surface area contributed by atoms with Crippen molar-refractivity contribution >= 4 is 16.9 Å². The van der Waals surface area contributed by atoms with Gasteiger partial charge in [-0.2, -0.15) is 0 Å². The Hall–Kier alpha value is -0.180. The summed E-state index contributed by atoms with van der Waals surface area (Å²) in [6.07, 6.45) is 6.62. The van der Waals surface area contributed by atoms with Gasteiger partial charge in [0.25, 0.3) is 0 Å². The van der Waals surface area contributed by atoms with Crippen LogP contribution in [-0.2, 0) is 0 Å². The van der Waals surface area contributed by atoms with E-state index < -0.39 is 0 Å². The zero-order valence-electron chi connectivity index (χ0n) is 11.4. The Bertz CT molecular complexity index is 267. The Labute approximate surface area is 110 Å². The Morgan fingerprint density at radius 1 is 1.24 bits per heavy atom. The molecule has 1 saturated carbocycles. The summed E-state index contributed by atoms with van der Waals surface area (Å²) in [7, 11) is 0. The molecular formula is C14H26N2S. The van der Waals surface area contributed by atoms with Crippen LogP contribution < -0.4 is 5.32 Å². The molecule has 3 atom stereocenters. The molecule has 1 N–H and O–H groups in total. The summed E-state index contributed by atoms with van der Waals surface area (Å²) in [5.41, 5.74) is 0. The number of aliphatic imine (C=N–C) groups is 1. The third kappa shape index (κ3) is 3.90. The molecule has 3 unspecified atom stereocenters. The molecule has 0 saturated heterocycles. The fraction of sp³-hybridized carbons (Fsp3) is 0.929. The van der Waals surface area contributed by atoms with Gasteiger partial charge in [-0.05, 0) is 37.5 Å². The average molecular weight is 254 g/mol. The van der Waals surface area contributed by atoms with Gasteiger partial charge in [-0.25, -0.2) is 0 Å². The van der Waals surface area contributed by atoms with E-state index in [9.17, 15) is 0 Å². The molecule has 2 nitrogen and oxygen atoms in total. The lowest BCUT2D eigenvalue weighted by atomic mass is 9.80. The van der Waals surface area contributed by atoms with Crippen LogP contribution in [0.5, 0.6) is 0 Å². The van der Waals surface area contributed by atoms with Crippen molar-refractivity contribution in [1.82, 2.24) is 5.32 Å². The third-order valence-corrected chi connectivity index (χ3v) is 5.02. The molecule has 0 radical (unpaired) electrons. The highest BCUT2D eigenvalue weighted by molar-refractivity contribution is 8.14. The van der Waals surface area contributed by atoms with Gasteiger partial charge in [0.2, 0.25) is 0 Å². The maximum absolute atomic E-state index is 4.65. The highest BCUT2D eigenvalue weighted by Gasteiger charge is 2.26. The molecule has 2 rings (SSSR count). The molecule has 1 heterocycles. The fourth-order valence-corrected chi connectivity index (χ4v) is 4.41. The highest BCUT2D eigenvalue weighted by atomic mass is 32.2. The molecule has 0 aromatic rings. The summed E-state index contributed by atoms with van der Waals surface area (Å²) < 4.78 is 0. The number of rotatable bonds is 3. The number of thioether (sulfide) groups is 1. The van der Waals surface area contributed by atoms with Crippen molar-refractivity contribution in [3.8, 4) is 0 Å². The first-order chi connectivity index (χ1) is 8.17. The van der Waals surface area contributed by atoms with Gasteiger partial charge in [0.1, 0.15) is 0 Å². The largest absolute Gasteiger partial charge is 0.362 e. The van der Waals surface area contributed by atoms with Crippen LogP contribution in [0.4, 0.5) is 0 Å². The van der Waals surface area contributed by atoms with Crippen LogP contribution in [-0.4, -0.2) is 23.0 Å². The first-order valence-corrected chi connectivity index (χ1v) is 8.03. The van der Waals surface area contributed by atoms with Gasteiger partial charge in [0, 0.05) is 11.3 Å². The molecule has 1 aliphatic heterocycles. The predicted molar refractivity (Wildman–Crippen MR) is 77.7 cm³/mol. The normalized spacial score (nSPS) is 37.9. The summed E-state index contributed by atoms with van der Waals surface area (Å²) in [6, 6.07) is 0.667. The maximum Gasteiger partial charge on any atom is 0.157 e. The first-order valence-electron chi connectivity index (χ1n) is 7.15. The van der Waals surface area contributed by atoms with Gasteiger partial charge < -0.3 is 5.32 Å². The number of amidine groups is 1. The van der Waals surface area contributed by atoms with Crippen molar-refractivity contribution in [3.63, 3.8) is 0 Å². The Balaban J connectivity index is 1.78. The van der Waals surface area contributed by atoms with Crippen molar-refractivity contribution in [2.75, 3.05) is 6.54 Å². The highest BCUT2D eigenvalue weighted by Crippen LogP contribution is 2.30. The van der Waals surface area contributed by atoms with Crippen molar-refractivity contribution in [1.29, 1.82) is 0 Å². The molecule has 0 amide bonds. The Morgan fingerprint density at radius 2 is 1.94 bits per heavy atom. The van der Waals surface area contributed by atoms with Crippen LogP contribution in [0.2, 0.25) is 0 Å². The molecule has 1 fully saturated rings.